The van der Waals surface area contributed by atoms with Gasteiger partial charge in [-0.15, -0.1) is 11.3 Å². The molecule has 1 aromatic carbocycles. The Kier molecular flexibility index (Phi) is 5.90. The third-order valence-corrected chi connectivity index (χ3v) is 4.35. The van der Waals surface area contributed by atoms with Gasteiger partial charge in [0.25, 0.3) is 0 Å². The molecule has 0 amide bonds. The Morgan fingerprint density at radius 2 is 1.91 bits per heavy atom. The van der Waals surface area contributed by atoms with E-state index in [2.05, 4.69) is 0 Å². The standard InChI is InChI=1S/C18H20O3S/c1-3-21-18(20)15(11-16-5-4-10-22-16)12-17(19)14-8-6-13(2)7-9-14/h4-10,15H,3,11-12H2,1-2H3. The van der Waals surface area contributed by atoms with E-state index in [4.69, 9.17) is 4.74 Å². The predicted molar refractivity (Wildman–Crippen MR) is 88.3 cm³/mol. The van der Waals surface area contributed by atoms with Crippen LogP contribution < -0.4 is 0 Å². The lowest BCUT2D eigenvalue weighted by atomic mass is 9.94. The molecule has 0 spiro atoms. The summed E-state index contributed by atoms with van der Waals surface area (Å²) in [6, 6.07) is 11.4. The van der Waals surface area contributed by atoms with Crippen LogP contribution in [0.5, 0.6) is 0 Å². The van der Waals surface area contributed by atoms with Gasteiger partial charge in [0, 0.05) is 16.9 Å². The van der Waals surface area contributed by atoms with Crippen LogP contribution in [0, 0.1) is 12.8 Å². The van der Waals surface area contributed by atoms with E-state index in [1.165, 1.54) is 0 Å². The zero-order valence-electron chi connectivity index (χ0n) is 12.9. The van der Waals surface area contributed by atoms with Gasteiger partial charge in [-0.3, -0.25) is 9.59 Å². The zero-order valence-corrected chi connectivity index (χ0v) is 13.7. The summed E-state index contributed by atoms with van der Waals surface area (Å²) in [6.45, 7) is 4.09. The van der Waals surface area contributed by atoms with Crippen molar-refractivity contribution >= 4 is 23.1 Å². The van der Waals surface area contributed by atoms with Crippen molar-refractivity contribution in [2.45, 2.75) is 26.7 Å². The molecule has 0 aliphatic carbocycles. The van der Waals surface area contributed by atoms with E-state index < -0.39 is 5.92 Å². The molecule has 4 heteroatoms. The topological polar surface area (TPSA) is 43.4 Å². The van der Waals surface area contributed by atoms with Crippen molar-refractivity contribution in [3.63, 3.8) is 0 Å². The molecular weight excluding hydrogens is 296 g/mol. The number of hydrogen-bond acceptors (Lipinski definition) is 4. The first-order chi connectivity index (χ1) is 10.6. The maximum Gasteiger partial charge on any atom is 0.309 e. The molecule has 1 unspecified atom stereocenters. The van der Waals surface area contributed by atoms with Crippen molar-refractivity contribution in [2.75, 3.05) is 6.61 Å². The maximum atomic E-state index is 12.4. The normalized spacial score (nSPS) is 11.9. The van der Waals surface area contributed by atoms with Crippen LogP contribution >= 0.6 is 11.3 Å². The quantitative estimate of drug-likeness (QED) is 0.572. The molecule has 22 heavy (non-hydrogen) atoms. The summed E-state index contributed by atoms with van der Waals surface area (Å²) < 4.78 is 5.12. The average Bonchev–Trinajstić information content (AvgIpc) is 3.00. The highest BCUT2D eigenvalue weighted by molar-refractivity contribution is 7.09. The predicted octanol–water partition coefficient (Wildman–Crippen LogP) is 4.05. The first kappa shape index (κ1) is 16.4. The molecule has 1 aromatic heterocycles. The van der Waals surface area contributed by atoms with Gasteiger partial charge in [-0.1, -0.05) is 35.9 Å². The minimum atomic E-state index is -0.424. The van der Waals surface area contributed by atoms with E-state index in [0.717, 1.165) is 10.4 Å². The lowest BCUT2D eigenvalue weighted by Gasteiger charge is -2.14. The number of thiophene rings is 1. The first-order valence-electron chi connectivity index (χ1n) is 7.39. The van der Waals surface area contributed by atoms with Crippen LogP contribution in [-0.2, 0) is 16.0 Å². The molecule has 1 atom stereocenters. The number of ether oxygens (including phenoxy) is 1. The SMILES string of the molecule is CCOC(=O)C(CC(=O)c1ccc(C)cc1)Cc1cccs1. The lowest BCUT2D eigenvalue weighted by Crippen LogP contribution is -2.23. The van der Waals surface area contributed by atoms with Crippen molar-refractivity contribution in [3.8, 4) is 0 Å². The Morgan fingerprint density at radius 3 is 2.50 bits per heavy atom. The van der Waals surface area contributed by atoms with E-state index in [1.807, 2.05) is 48.7 Å². The molecule has 0 aliphatic rings. The van der Waals surface area contributed by atoms with Gasteiger partial charge in [0.15, 0.2) is 5.78 Å². The molecule has 116 valence electrons. The number of rotatable bonds is 7. The molecule has 3 nitrogen and oxygen atoms in total. The van der Waals surface area contributed by atoms with Crippen molar-refractivity contribution in [1.29, 1.82) is 0 Å². The Morgan fingerprint density at radius 1 is 1.18 bits per heavy atom. The fraction of sp³-hybridized carbons (Fsp3) is 0.333. The Labute approximate surface area is 134 Å². The van der Waals surface area contributed by atoms with Gasteiger partial charge in [0.2, 0.25) is 0 Å². The maximum absolute atomic E-state index is 12.4. The summed E-state index contributed by atoms with van der Waals surface area (Å²) in [5.41, 5.74) is 1.75. The van der Waals surface area contributed by atoms with Crippen LogP contribution in [-0.4, -0.2) is 18.4 Å². The summed E-state index contributed by atoms with van der Waals surface area (Å²) in [6.07, 6.45) is 0.730. The minimum Gasteiger partial charge on any atom is -0.466 e. The van der Waals surface area contributed by atoms with Crippen LogP contribution in [0.1, 0.15) is 34.1 Å². The lowest BCUT2D eigenvalue weighted by molar-refractivity contribution is -0.147. The summed E-state index contributed by atoms with van der Waals surface area (Å²) in [4.78, 5) is 25.6. The molecular formula is C18H20O3S. The van der Waals surface area contributed by atoms with Crippen LogP contribution in [0.2, 0.25) is 0 Å². The van der Waals surface area contributed by atoms with Crippen molar-refractivity contribution in [1.82, 2.24) is 0 Å². The van der Waals surface area contributed by atoms with Gasteiger partial charge in [0.05, 0.1) is 12.5 Å². The van der Waals surface area contributed by atoms with Gasteiger partial charge in [-0.05, 0) is 31.7 Å². The minimum absolute atomic E-state index is 0.0189. The molecule has 0 radical (unpaired) electrons. The molecule has 0 fully saturated rings. The number of benzene rings is 1. The Hall–Kier alpha value is -1.94. The van der Waals surface area contributed by atoms with Gasteiger partial charge >= 0.3 is 5.97 Å². The first-order valence-corrected chi connectivity index (χ1v) is 8.27. The van der Waals surface area contributed by atoms with E-state index >= 15 is 0 Å². The third-order valence-electron chi connectivity index (χ3n) is 3.45. The van der Waals surface area contributed by atoms with Crippen LogP contribution in [0.25, 0.3) is 0 Å². The molecule has 1 heterocycles. The third kappa shape index (κ3) is 4.53. The zero-order chi connectivity index (χ0) is 15.9. The van der Waals surface area contributed by atoms with Crippen molar-refractivity contribution in [2.24, 2.45) is 5.92 Å². The highest BCUT2D eigenvalue weighted by Gasteiger charge is 2.24. The van der Waals surface area contributed by atoms with E-state index in [0.29, 0.717) is 18.6 Å². The van der Waals surface area contributed by atoms with Gasteiger partial charge in [-0.2, -0.15) is 0 Å². The summed E-state index contributed by atoms with van der Waals surface area (Å²) in [5, 5.41) is 1.97. The number of carbonyl (C=O) groups is 2. The fourth-order valence-corrected chi connectivity index (χ4v) is 3.04. The molecule has 2 rings (SSSR count). The molecule has 0 saturated heterocycles. The second-order valence-electron chi connectivity index (χ2n) is 5.23. The van der Waals surface area contributed by atoms with Crippen molar-refractivity contribution < 1.29 is 14.3 Å². The van der Waals surface area contributed by atoms with E-state index in [1.54, 1.807) is 18.3 Å². The number of aryl methyl sites for hydroxylation is 1. The number of Topliss-reactive ketones (excluding diaryl/α,β-unsaturated/α-hetero) is 1. The van der Waals surface area contributed by atoms with Crippen LogP contribution in [0.3, 0.4) is 0 Å². The van der Waals surface area contributed by atoms with E-state index in [-0.39, 0.29) is 18.2 Å². The van der Waals surface area contributed by atoms with Crippen molar-refractivity contribution in [3.05, 3.63) is 57.8 Å². The summed E-state index contributed by atoms with van der Waals surface area (Å²) in [7, 11) is 0. The highest BCUT2D eigenvalue weighted by Crippen LogP contribution is 2.20. The second-order valence-corrected chi connectivity index (χ2v) is 6.26. The van der Waals surface area contributed by atoms with Crippen LogP contribution in [0.15, 0.2) is 41.8 Å². The average molecular weight is 316 g/mol. The highest BCUT2D eigenvalue weighted by atomic mass is 32.1. The summed E-state index contributed by atoms with van der Waals surface area (Å²) in [5.74, 6) is -0.738. The second kappa shape index (κ2) is 7.90. The number of carbonyl (C=O) groups excluding carboxylic acids is 2. The molecule has 0 aliphatic heterocycles. The van der Waals surface area contributed by atoms with Gasteiger partial charge < -0.3 is 4.74 Å². The largest absolute Gasteiger partial charge is 0.466 e. The fourth-order valence-electron chi connectivity index (χ4n) is 2.25. The number of esters is 1. The molecule has 0 N–H and O–H groups in total. The van der Waals surface area contributed by atoms with Crippen LogP contribution in [0.4, 0.5) is 0 Å². The summed E-state index contributed by atoms with van der Waals surface area (Å²) >= 11 is 1.59. The van der Waals surface area contributed by atoms with Gasteiger partial charge in [-0.25, -0.2) is 0 Å². The smallest absolute Gasteiger partial charge is 0.309 e. The number of hydrogen-bond donors (Lipinski definition) is 0. The van der Waals surface area contributed by atoms with Gasteiger partial charge in [0.1, 0.15) is 0 Å². The molecule has 0 saturated carbocycles. The Bertz CT molecular complexity index is 614. The number of ketones is 1. The van der Waals surface area contributed by atoms with E-state index in [9.17, 15) is 9.59 Å². The Balaban J connectivity index is 2.09. The molecule has 0 bridgehead atoms. The molecule has 2 aromatic rings. The monoisotopic (exact) mass is 316 g/mol.